The number of hydrogen-bond acceptors (Lipinski definition) is 2. The molecular formula is C24H24N2O2S. The van der Waals surface area contributed by atoms with Crippen molar-refractivity contribution >= 4 is 16.4 Å². The predicted octanol–water partition coefficient (Wildman–Crippen LogP) is 4.56. The summed E-state index contributed by atoms with van der Waals surface area (Å²) < 4.78 is 31.0. The third-order valence-corrected chi connectivity index (χ3v) is 6.86. The molecule has 0 N–H and O–H groups in total. The van der Waals surface area contributed by atoms with Gasteiger partial charge < -0.3 is 0 Å². The van der Waals surface area contributed by atoms with Crippen LogP contribution in [0, 0.1) is 0 Å². The van der Waals surface area contributed by atoms with E-state index in [-0.39, 0.29) is 11.3 Å². The van der Waals surface area contributed by atoms with Gasteiger partial charge in [0.15, 0.2) is 0 Å². The molecule has 1 aliphatic carbocycles. The molecule has 0 spiro atoms. The van der Waals surface area contributed by atoms with Gasteiger partial charge >= 0.3 is 10.2 Å². The summed E-state index contributed by atoms with van der Waals surface area (Å²) in [6.45, 7) is 0.293. The molecule has 0 heterocycles. The van der Waals surface area contributed by atoms with E-state index in [4.69, 9.17) is 0 Å². The Labute approximate surface area is 172 Å². The lowest BCUT2D eigenvalue weighted by Gasteiger charge is -2.16. The molecule has 4 nitrogen and oxygen atoms in total. The second-order valence-electron chi connectivity index (χ2n) is 7.53. The first-order chi connectivity index (χ1) is 14.0. The highest BCUT2D eigenvalue weighted by Gasteiger charge is 2.55. The van der Waals surface area contributed by atoms with Gasteiger partial charge in [-0.15, -0.1) is 0 Å². The Balaban J connectivity index is 1.61. The van der Waals surface area contributed by atoms with Crippen molar-refractivity contribution in [2.45, 2.75) is 24.3 Å². The summed E-state index contributed by atoms with van der Waals surface area (Å²) in [7, 11) is -2.20. The second-order valence-corrected chi connectivity index (χ2v) is 9.26. The zero-order valence-electron chi connectivity index (χ0n) is 16.3. The molecule has 0 bridgehead atoms. The van der Waals surface area contributed by atoms with Crippen LogP contribution in [0.3, 0.4) is 0 Å². The smallest absolute Gasteiger partial charge is 0.187 e. The average Bonchev–Trinajstić information content (AvgIpc) is 3.50. The van der Waals surface area contributed by atoms with Crippen molar-refractivity contribution in [2.24, 2.45) is 4.40 Å². The van der Waals surface area contributed by atoms with Crippen molar-refractivity contribution in [2.75, 3.05) is 7.05 Å². The molecule has 2 atom stereocenters. The lowest BCUT2D eigenvalue weighted by molar-refractivity contribution is 0.468. The molecule has 0 saturated heterocycles. The van der Waals surface area contributed by atoms with Gasteiger partial charge in [-0.25, -0.2) is 0 Å². The van der Waals surface area contributed by atoms with Gasteiger partial charge in [-0.05, 0) is 29.0 Å². The van der Waals surface area contributed by atoms with Crippen molar-refractivity contribution in [3.63, 3.8) is 0 Å². The SMILES string of the molecule is CN(Cc1ccccc1)S(=O)(=O)/N=C/[C@@]1(c2ccccc2)C[C@@H]1c1ccccc1. The molecule has 1 aliphatic rings. The van der Waals surface area contributed by atoms with Crippen LogP contribution in [-0.4, -0.2) is 26.0 Å². The number of benzene rings is 3. The Morgan fingerprint density at radius 1 is 0.931 bits per heavy atom. The van der Waals surface area contributed by atoms with E-state index in [1.807, 2.05) is 66.7 Å². The minimum absolute atomic E-state index is 0.226. The number of rotatable bonds is 7. The van der Waals surface area contributed by atoms with Crippen LogP contribution >= 0.6 is 0 Å². The lowest BCUT2D eigenvalue weighted by atomic mass is 9.92. The van der Waals surface area contributed by atoms with E-state index in [1.165, 1.54) is 9.87 Å². The quantitative estimate of drug-likeness (QED) is 0.542. The van der Waals surface area contributed by atoms with Crippen LogP contribution in [0.2, 0.25) is 0 Å². The zero-order valence-corrected chi connectivity index (χ0v) is 17.2. The highest BCUT2D eigenvalue weighted by atomic mass is 32.2. The van der Waals surface area contributed by atoms with Gasteiger partial charge in [0, 0.05) is 25.2 Å². The summed E-state index contributed by atoms with van der Waals surface area (Å²) in [5, 5.41) is 0. The Hall–Kier alpha value is -2.76. The van der Waals surface area contributed by atoms with E-state index >= 15 is 0 Å². The van der Waals surface area contributed by atoms with Gasteiger partial charge in [0.2, 0.25) is 0 Å². The first-order valence-electron chi connectivity index (χ1n) is 9.68. The van der Waals surface area contributed by atoms with Crippen molar-refractivity contribution in [3.8, 4) is 0 Å². The Morgan fingerprint density at radius 3 is 2.10 bits per heavy atom. The van der Waals surface area contributed by atoms with Crippen molar-refractivity contribution in [1.82, 2.24) is 4.31 Å². The van der Waals surface area contributed by atoms with E-state index in [0.717, 1.165) is 17.5 Å². The fourth-order valence-electron chi connectivity index (χ4n) is 3.83. The topological polar surface area (TPSA) is 49.7 Å². The Morgan fingerprint density at radius 2 is 1.48 bits per heavy atom. The van der Waals surface area contributed by atoms with Crippen molar-refractivity contribution in [3.05, 3.63) is 108 Å². The van der Waals surface area contributed by atoms with E-state index in [1.54, 1.807) is 13.3 Å². The van der Waals surface area contributed by atoms with Gasteiger partial charge in [-0.3, -0.25) is 0 Å². The molecular weight excluding hydrogens is 380 g/mol. The van der Waals surface area contributed by atoms with E-state index in [9.17, 15) is 8.42 Å². The van der Waals surface area contributed by atoms with Crippen LogP contribution in [0.4, 0.5) is 0 Å². The molecule has 5 heteroatoms. The molecule has 3 aromatic carbocycles. The van der Waals surface area contributed by atoms with Crippen LogP contribution < -0.4 is 0 Å². The lowest BCUT2D eigenvalue weighted by Crippen LogP contribution is -2.25. The van der Waals surface area contributed by atoms with Crippen LogP contribution in [0.25, 0.3) is 0 Å². The predicted molar refractivity (Wildman–Crippen MR) is 117 cm³/mol. The van der Waals surface area contributed by atoms with Gasteiger partial charge in [0.25, 0.3) is 0 Å². The number of hydrogen-bond donors (Lipinski definition) is 0. The van der Waals surface area contributed by atoms with Crippen LogP contribution in [-0.2, 0) is 22.2 Å². The van der Waals surface area contributed by atoms with Crippen LogP contribution in [0.15, 0.2) is 95.4 Å². The minimum Gasteiger partial charge on any atom is -0.187 e. The monoisotopic (exact) mass is 404 g/mol. The third-order valence-electron chi connectivity index (χ3n) is 5.57. The highest BCUT2D eigenvalue weighted by molar-refractivity contribution is 7.87. The first-order valence-corrected chi connectivity index (χ1v) is 11.1. The van der Waals surface area contributed by atoms with Gasteiger partial charge in [-0.2, -0.15) is 17.1 Å². The Bertz CT molecular complexity index is 1080. The fraction of sp³-hybridized carbons (Fsp3) is 0.208. The molecule has 1 saturated carbocycles. The second kappa shape index (κ2) is 7.93. The molecule has 0 amide bonds. The molecule has 148 valence electrons. The largest absolute Gasteiger partial charge is 0.322 e. The molecule has 0 aliphatic heterocycles. The number of nitrogens with zero attached hydrogens (tertiary/aromatic N) is 2. The third kappa shape index (κ3) is 4.16. The van der Waals surface area contributed by atoms with E-state index in [0.29, 0.717) is 6.54 Å². The molecule has 29 heavy (non-hydrogen) atoms. The highest BCUT2D eigenvalue weighted by Crippen LogP contribution is 2.59. The normalized spacial score (nSPS) is 21.5. The van der Waals surface area contributed by atoms with Gasteiger partial charge in [-0.1, -0.05) is 91.0 Å². The molecule has 1 fully saturated rings. The van der Waals surface area contributed by atoms with Crippen LogP contribution in [0.1, 0.15) is 29.0 Å². The molecule has 3 aromatic rings. The maximum absolute atomic E-state index is 12.8. The fourth-order valence-corrected chi connectivity index (χ4v) is 4.62. The maximum atomic E-state index is 12.8. The van der Waals surface area contributed by atoms with Gasteiger partial charge in [0.1, 0.15) is 0 Å². The van der Waals surface area contributed by atoms with Gasteiger partial charge in [0.05, 0.1) is 0 Å². The zero-order chi connectivity index (χ0) is 20.3. The standard InChI is InChI=1S/C24H24N2O2S/c1-26(18-20-11-5-2-6-12-20)29(27,28)25-19-24(22-15-9-4-10-16-22)17-23(24)21-13-7-3-8-14-21/h2-16,19,23H,17-18H2,1H3/b25-19+/t23-,24-/m1/s1. The summed E-state index contributed by atoms with van der Waals surface area (Å²) in [4.78, 5) is 0. The molecule has 0 unspecified atom stereocenters. The minimum atomic E-state index is -3.76. The van der Waals surface area contributed by atoms with Crippen molar-refractivity contribution < 1.29 is 8.42 Å². The van der Waals surface area contributed by atoms with Crippen molar-refractivity contribution in [1.29, 1.82) is 0 Å². The molecule has 0 aromatic heterocycles. The Kier molecular flexibility index (Phi) is 5.35. The summed E-state index contributed by atoms with van der Waals surface area (Å²) in [5.74, 6) is 0.226. The summed E-state index contributed by atoms with van der Waals surface area (Å²) in [6, 6.07) is 29.8. The molecule has 0 radical (unpaired) electrons. The average molecular weight is 405 g/mol. The first kappa shape index (κ1) is 19.6. The van der Waals surface area contributed by atoms with E-state index in [2.05, 4.69) is 28.7 Å². The molecule has 4 rings (SSSR count). The summed E-state index contributed by atoms with van der Waals surface area (Å²) >= 11 is 0. The summed E-state index contributed by atoms with van der Waals surface area (Å²) in [5.41, 5.74) is 2.85. The maximum Gasteiger partial charge on any atom is 0.322 e. The summed E-state index contributed by atoms with van der Waals surface area (Å²) in [6.07, 6.45) is 2.50. The van der Waals surface area contributed by atoms with E-state index < -0.39 is 10.2 Å². The van der Waals surface area contributed by atoms with Crippen LogP contribution in [0.5, 0.6) is 0 Å².